The van der Waals surface area contributed by atoms with E-state index < -0.39 is 10.9 Å². The number of carbonyl (C=O) groups is 1. The molecule has 1 N–H and O–H groups in total. The van der Waals surface area contributed by atoms with Gasteiger partial charge in [0.05, 0.1) is 17.6 Å². The summed E-state index contributed by atoms with van der Waals surface area (Å²) in [5.74, 6) is -0.584. The van der Waals surface area contributed by atoms with Crippen molar-refractivity contribution in [3.05, 3.63) is 69.8 Å². The molecule has 27 heavy (non-hydrogen) atoms. The molecular formula is C20H23N3O4. The Balaban J connectivity index is 1.61. The molecule has 1 fully saturated rings. The number of methoxy groups -OCH3 is 1. The molecule has 0 spiro atoms. The number of nitrogens with zero attached hydrogens (tertiary/aromatic N) is 2. The standard InChI is InChI=1S/C20H23N3O4/c1-27-20(24)16-7-8-18(19(13-16)23(25)26)21-17-9-11-22(12-10-17)14-15-5-3-2-4-6-15/h2-8,13,17,21H,9-12,14H2,1H3. The van der Waals surface area contributed by atoms with Crippen molar-refractivity contribution in [2.45, 2.75) is 25.4 Å². The smallest absolute Gasteiger partial charge is 0.338 e. The molecule has 2 aromatic carbocycles. The average Bonchev–Trinajstić information content (AvgIpc) is 2.70. The van der Waals surface area contributed by atoms with Gasteiger partial charge in [-0.25, -0.2) is 4.79 Å². The molecule has 0 saturated carbocycles. The van der Waals surface area contributed by atoms with Gasteiger partial charge < -0.3 is 10.1 Å². The van der Waals surface area contributed by atoms with Crippen LogP contribution in [0.5, 0.6) is 0 Å². The highest BCUT2D eigenvalue weighted by Gasteiger charge is 2.23. The van der Waals surface area contributed by atoms with E-state index in [9.17, 15) is 14.9 Å². The molecule has 1 aliphatic heterocycles. The highest BCUT2D eigenvalue weighted by Crippen LogP contribution is 2.28. The molecular weight excluding hydrogens is 346 g/mol. The van der Waals surface area contributed by atoms with Crippen molar-refractivity contribution in [2.75, 3.05) is 25.5 Å². The summed E-state index contributed by atoms with van der Waals surface area (Å²) in [6.45, 7) is 2.78. The summed E-state index contributed by atoms with van der Waals surface area (Å²) >= 11 is 0. The minimum atomic E-state index is -0.584. The maximum Gasteiger partial charge on any atom is 0.338 e. The molecule has 0 atom stereocenters. The van der Waals surface area contributed by atoms with Gasteiger partial charge in [0.15, 0.2) is 0 Å². The van der Waals surface area contributed by atoms with Gasteiger partial charge in [0.2, 0.25) is 0 Å². The van der Waals surface area contributed by atoms with Crippen molar-refractivity contribution in [3.8, 4) is 0 Å². The molecule has 0 aromatic heterocycles. The van der Waals surface area contributed by atoms with Crippen molar-refractivity contribution in [1.29, 1.82) is 0 Å². The number of esters is 1. The minimum Gasteiger partial charge on any atom is -0.465 e. The molecule has 0 aliphatic carbocycles. The Hall–Kier alpha value is -2.93. The zero-order chi connectivity index (χ0) is 19.2. The van der Waals surface area contributed by atoms with E-state index >= 15 is 0 Å². The first kappa shape index (κ1) is 18.8. The summed E-state index contributed by atoms with van der Waals surface area (Å²) in [6.07, 6.45) is 1.81. The number of ether oxygens (including phenoxy) is 1. The maximum atomic E-state index is 11.6. The number of hydrogen-bond donors (Lipinski definition) is 1. The first-order valence-electron chi connectivity index (χ1n) is 8.96. The van der Waals surface area contributed by atoms with Gasteiger partial charge in [-0.3, -0.25) is 15.0 Å². The summed E-state index contributed by atoms with van der Waals surface area (Å²) < 4.78 is 4.63. The zero-order valence-electron chi connectivity index (χ0n) is 15.3. The molecule has 7 nitrogen and oxygen atoms in total. The topological polar surface area (TPSA) is 84.7 Å². The number of anilines is 1. The van der Waals surface area contributed by atoms with Crippen LogP contribution in [-0.2, 0) is 11.3 Å². The summed E-state index contributed by atoms with van der Waals surface area (Å²) in [5.41, 5.74) is 1.80. The fourth-order valence-corrected chi connectivity index (χ4v) is 3.35. The number of likely N-dealkylation sites (tertiary alicyclic amines) is 1. The quantitative estimate of drug-likeness (QED) is 0.477. The summed E-state index contributed by atoms with van der Waals surface area (Å²) in [7, 11) is 1.25. The molecule has 1 heterocycles. The van der Waals surface area contributed by atoms with Crippen LogP contribution >= 0.6 is 0 Å². The molecule has 0 bridgehead atoms. The van der Waals surface area contributed by atoms with Gasteiger partial charge in [0, 0.05) is 31.7 Å². The van der Waals surface area contributed by atoms with Gasteiger partial charge in [-0.05, 0) is 30.5 Å². The predicted octanol–water partition coefficient (Wildman–Crippen LogP) is 3.46. The second-order valence-corrected chi connectivity index (χ2v) is 6.66. The monoisotopic (exact) mass is 369 g/mol. The van der Waals surface area contributed by atoms with Crippen LogP contribution in [0.1, 0.15) is 28.8 Å². The second kappa shape index (κ2) is 8.64. The van der Waals surface area contributed by atoms with E-state index in [1.807, 2.05) is 18.2 Å². The fourth-order valence-electron chi connectivity index (χ4n) is 3.35. The lowest BCUT2D eigenvalue weighted by molar-refractivity contribution is -0.384. The first-order valence-corrected chi connectivity index (χ1v) is 8.96. The maximum absolute atomic E-state index is 11.6. The third-order valence-corrected chi connectivity index (χ3v) is 4.81. The van der Waals surface area contributed by atoms with Crippen molar-refractivity contribution < 1.29 is 14.5 Å². The molecule has 0 radical (unpaired) electrons. The lowest BCUT2D eigenvalue weighted by atomic mass is 10.0. The number of piperidine rings is 1. The molecule has 1 saturated heterocycles. The molecule has 7 heteroatoms. The largest absolute Gasteiger partial charge is 0.465 e. The number of carbonyl (C=O) groups excluding carboxylic acids is 1. The van der Waals surface area contributed by atoms with E-state index in [0.717, 1.165) is 32.5 Å². The lowest BCUT2D eigenvalue weighted by Crippen LogP contribution is -2.38. The number of nitrogens with one attached hydrogen (secondary N) is 1. The van der Waals surface area contributed by atoms with Crippen LogP contribution in [0.15, 0.2) is 48.5 Å². The van der Waals surface area contributed by atoms with E-state index in [1.165, 1.54) is 18.7 Å². The third kappa shape index (κ3) is 4.83. The average molecular weight is 369 g/mol. The number of benzene rings is 2. The van der Waals surface area contributed by atoms with E-state index in [4.69, 9.17) is 0 Å². The highest BCUT2D eigenvalue weighted by atomic mass is 16.6. The Morgan fingerprint density at radius 1 is 1.22 bits per heavy atom. The van der Waals surface area contributed by atoms with Crippen molar-refractivity contribution >= 4 is 17.3 Å². The van der Waals surface area contributed by atoms with Gasteiger partial charge in [0.25, 0.3) is 5.69 Å². The van der Waals surface area contributed by atoms with Gasteiger partial charge in [-0.2, -0.15) is 0 Å². The van der Waals surface area contributed by atoms with Crippen LogP contribution in [0.3, 0.4) is 0 Å². The van der Waals surface area contributed by atoms with Crippen molar-refractivity contribution in [1.82, 2.24) is 4.90 Å². The number of nitro benzene ring substituents is 1. The van der Waals surface area contributed by atoms with Gasteiger partial charge >= 0.3 is 5.97 Å². The van der Waals surface area contributed by atoms with Gasteiger partial charge in [-0.1, -0.05) is 30.3 Å². The van der Waals surface area contributed by atoms with E-state index in [2.05, 4.69) is 27.1 Å². The summed E-state index contributed by atoms with van der Waals surface area (Å²) in [5, 5.41) is 14.7. The van der Waals surface area contributed by atoms with E-state index in [0.29, 0.717) is 5.69 Å². The highest BCUT2D eigenvalue weighted by molar-refractivity contribution is 5.91. The van der Waals surface area contributed by atoms with Gasteiger partial charge in [0.1, 0.15) is 5.69 Å². The number of hydrogen-bond acceptors (Lipinski definition) is 6. The van der Waals surface area contributed by atoms with Crippen LogP contribution in [0.2, 0.25) is 0 Å². The van der Waals surface area contributed by atoms with Crippen LogP contribution in [0.4, 0.5) is 11.4 Å². The summed E-state index contributed by atoms with van der Waals surface area (Å²) in [4.78, 5) is 24.9. The van der Waals surface area contributed by atoms with Crippen LogP contribution in [-0.4, -0.2) is 42.0 Å². The fraction of sp³-hybridized carbons (Fsp3) is 0.350. The Labute approximate surface area is 158 Å². The Morgan fingerprint density at radius 3 is 2.56 bits per heavy atom. The van der Waals surface area contributed by atoms with E-state index in [-0.39, 0.29) is 17.3 Å². The van der Waals surface area contributed by atoms with E-state index in [1.54, 1.807) is 12.1 Å². The number of rotatable bonds is 6. The van der Waals surface area contributed by atoms with Crippen LogP contribution in [0, 0.1) is 10.1 Å². The Kier molecular flexibility index (Phi) is 6.03. The number of nitro groups is 1. The molecule has 142 valence electrons. The Bertz CT molecular complexity index is 802. The lowest BCUT2D eigenvalue weighted by Gasteiger charge is -2.32. The molecule has 1 aliphatic rings. The van der Waals surface area contributed by atoms with Crippen molar-refractivity contribution in [3.63, 3.8) is 0 Å². The van der Waals surface area contributed by atoms with Crippen molar-refractivity contribution in [2.24, 2.45) is 0 Å². The van der Waals surface area contributed by atoms with Crippen LogP contribution < -0.4 is 5.32 Å². The second-order valence-electron chi connectivity index (χ2n) is 6.66. The molecule has 0 amide bonds. The van der Waals surface area contributed by atoms with Crippen LogP contribution in [0.25, 0.3) is 0 Å². The third-order valence-electron chi connectivity index (χ3n) is 4.81. The summed E-state index contributed by atoms with van der Waals surface area (Å²) in [6, 6.07) is 14.9. The molecule has 3 rings (SSSR count). The molecule has 2 aromatic rings. The molecule has 0 unspecified atom stereocenters. The zero-order valence-corrected chi connectivity index (χ0v) is 15.3. The predicted molar refractivity (Wildman–Crippen MR) is 103 cm³/mol. The van der Waals surface area contributed by atoms with Gasteiger partial charge in [-0.15, -0.1) is 0 Å². The first-order chi connectivity index (χ1) is 13.1. The Morgan fingerprint density at radius 2 is 1.93 bits per heavy atom. The normalized spacial score (nSPS) is 15.3. The minimum absolute atomic E-state index is 0.107. The SMILES string of the molecule is COC(=O)c1ccc(NC2CCN(Cc3ccccc3)CC2)c([N+](=O)[O-])c1.